The molecule has 1 fully saturated rings. The molecule has 3 rings (SSSR count). The maximum atomic E-state index is 13.3. The third-order valence-electron chi connectivity index (χ3n) is 4.77. The van der Waals surface area contributed by atoms with Gasteiger partial charge in [-0.1, -0.05) is 29.8 Å². The lowest BCUT2D eigenvalue weighted by atomic mass is 9.90. The third-order valence-corrected chi connectivity index (χ3v) is 5.54. The van der Waals surface area contributed by atoms with Crippen LogP contribution in [0.2, 0.25) is 5.02 Å². The number of benzene rings is 2. The van der Waals surface area contributed by atoms with E-state index < -0.39 is 16.7 Å². The van der Waals surface area contributed by atoms with Crippen LogP contribution in [0.1, 0.15) is 25.0 Å². The molecule has 7 nitrogen and oxygen atoms in total. The number of carbonyl (C=O) groups excluding carboxylic acids is 2. The smallest absolute Gasteiger partial charge is 0.269 e. The van der Waals surface area contributed by atoms with Gasteiger partial charge in [0.2, 0.25) is 0 Å². The van der Waals surface area contributed by atoms with Crippen molar-refractivity contribution < 1.29 is 14.5 Å². The Balaban J connectivity index is 2.35. The van der Waals surface area contributed by atoms with Crippen LogP contribution in [0.15, 0.2) is 54.1 Å². The van der Waals surface area contributed by atoms with Gasteiger partial charge in [-0.15, -0.1) is 0 Å². The first-order valence-electron chi connectivity index (χ1n) is 9.23. The lowest BCUT2D eigenvalue weighted by Gasteiger charge is -2.36. The number of hydrogen-bond acceptors (Lipinski definition) is 5. The Morgan fingerprint density at radius 1 is 1.00 bits per heavy atom. The second-order valence-corrected chi connectivity index (χ2v) is 7.19. The molecule has 9 heteroatoms. The predicted molar refractivity (Wildman–Crippen MR) is 118 cm³/mol. The van der Waals surface area contributed by atoms with E-state index in [-0.39, 0.29) is 16.4 Å². The van der Waals surface area contributed by atoms with Crippen LogP contribution in [0, 0.1) is 10.1 Å². The molecule has 2 amide bonds. The summed E-state index contributed by atoms with van der Waals surface area (Å²) in [5, 5.41) is 11.5. The van der Waals surface area contributed by atoms with Crippen LogP contribution in [0.25, 0.3) is 5.57 Å². The molecule has 0 aromatic heterocycles. The molecule has 0 radical (unpaired) electrons. The van der Waals surface area contributed by atoms with E-state index >= 15 is 0 Å². The van der Waals surface area contributed by atoms with Crippen LogP contribution in [-0.2, 0) is 9.59 Å². The van der Waals surface area contributed by atoms with E-state index in [4.69, 9.17) is 23.8 Å². The number of hydrogen-bond donors (Lipinski definition) is 0. The summed E-state index contributed by atoms with van der Waals surface area (Å²) in [7, 11) is 0. The van der Waals surface area contributed by atoms with Crippen molar-refractivity contribution in [3.05, 3.63) is 80.4 Å². The lowest BCUT2D eigenvalue weighted by molar-refractivity contribution is -0.384. The number of nitro benzene ring substituents is 1. The van der Waals surface area contributed by atoms with Crippen molar-refractivity contribution in [1.82, 2.24) is 9.80 Å². The number of thiocarbonyl (C=S) groups is 1. The number of rotatable bonds is 5. The molecular weight excluding hydrogens is 426 g/mol. The van der Waals surface area contributed by atoms with E-state index in [0.717, 1.165) is 0 Å². The van der Waals surface area contributed by atoms with Gasteiger partial charge >= 0.3 is 0 Å². The average Bonchev–Trinajstić information content (AvgIpc) is 2.73. The van der Waals surface area contributed by atoms with Crippen molar-refractivity contribution in [1.29, 1.82) is 0 Å². The standard InChI is InChI=1S/C21H18ClN3O4S/c1-3-23-19(26)18(20(27)24(4-2)21(23)30)17(15-7-5-6-8-16(15)22)13-9-11-14(12-10-13)25(28)29/h5-12H,3-4H2,1-2H3. The number of amides is 2. The van der Waals surface area contributed by atoms with Gasteiger partial charge in [0.1, 0.15) is 5.57 Å². The highest BCUT2D eigenvalue weighted by Crippen LogP contribution is 2.35. The molecule has 2 aromatic carbocycles. The summed E-state index contributed by atoms with van der Waals surface area (Å²) in [6.45, 7) is 4.13. The lowest BCUT2D eigenvalue weighted by Crippen LogP contribution is -2.56. The molecule has 1 aliphatic rings. The van der Waals surface area contributed by atoms with Crippen LogP contribution in [0.4, 0.5) is 5.69 Å². The average molecular weight is 444 g/mol. The first kappa shape index (κ1) is 21.6. The zero-order valence-electron chi connectivity index (χ0n) is 16.3. The van der Waals surface area contributed by atoms with Gasteiger partial charge in [-0.25, -0.2) is 0 Å². The van der Waals surface area contributed by atoms with Crippen molar-refractivity contribution in [2.75, 3.05) is 13.1 Å². The van der Waals surface area contributed by atoms with E-state index in [0.29, 0.717) is 34.8 Å². The normalized spacial score (nSPS) is 14.4. The Labute approximate surface area is 183 Å². The summed E-state index contributed by atoms with van der Waals surface area (Å²) in [6.07, 6.45) is 0. The van der Waals surface area contributed by atoms with Crippen LogP contribution in [-0.4, -0.2) is 44.7 Å². The van der Waals surface area contributed by atoms with E-state index in [1.165, 1.54) is 34.1 Å². The fourth-order valence-electron chi connectivity index (χ4n) is 3.30. The van der Waals surface area contributed by atoms with Crippen molar-refractivity contribution in [3.63, 3.8) is 0 Å². The molecule has 0 saturated carbocycles. The Morgan fingerprint density at radius 3 is 2.00 bits per heavy atom. The zero-order chi connectivity index (χ0) is 22.0. The Morgan fingerprint density at radius 2 is 1.53 bits per heavy atom. The summed E-state index contributed by atoms with van der Waals surface area (Å²) >= 11 is 11.7. The zero-order valence-corrected chi connectivity index (χ0v) is 17.9. The van der Waals surface area contributed by atoms with Gasteiger partial charge in [0.15, 0.2) is 5.11 Å². The summed E-state index contributed by atoms with van der Waals surface area (Å²) in [6, 6.07) is 12.5. The van der Waals surface area contributed by atoms with Crippen molar-refractivity contribution in [2.45, 2.75) is 13.8 Å². The van der Waals surface area contributed by atoms with Crippen LogP contribution < -0.4 is 0 Å². The van der Waals surface area contributed by atoms with Gasteiger partial charge in [0, 0.05) is 41.4 Å². The summed E-state index contributed by atoms with van der Waals surface area (Å²) < 4.78 is 0. The predicted octanol–water partition coefficient (Wildman–Crippen LogP) is 4.05. The molecule has 1 saturated heterocycles. The van der Waals surface area contributed by atoms with Crippen molar-refractivity contribution in [2.24, 2.45) is 0 Å². The minimum absolute atomic E-state index is 0.0748. The van der Waals surface area contributed by atoms with Crippen molar-refractivity contribution >= 4 is 52.0 Å². The van der Waals surface area contributed by atoms with Crippen molar-refractivity contribution in [3.8, 4) is 0 Å². The number of likely N-dealkylation sites (N-methyl/N-ethyl adjacent to an activating group) is 2. The summed E-state index contributed by atoms with van der Waals surface area (Å²) in [4.78, 5) is 39.8. The number of non-ortho nitro benzene ring substituents is 1. The van der Waals surface area contributed by atoms with Crippen LogP contribution in [0.3, 0.4) is 0 Å². The SMILES string of the molecule is CCN1C(=O)C(=C(c2ccc([N+](=O)[O-])cc2)c2ccccc2Cl)C(=O)N(CC)C1=S. The summed E-state index contributed by atoms with van der Waals surface area (Å²) in [5.41, 5.74) is 1.07. The second kappa shape index (κ2) is 8.73. The van der Waals surface area contributed by atoms with Gasteiger partial charge in [0.25, 0.3) is 17.5 Å². The van der Waals surface area contributed by atoms with Gasteiger partial charge in [-0.3, -0.25) is 29.5 Å². The van der Waals surface area contributed by atoms with Gasteiger partial charge < -0.3 is 0 Å². The fraction of sp³-hybridized carbons (Fsp3) is 0.190. The van der Waals surface area contributed by atoms with Gasteiger partial charge in [-0.2, -0.15) is 0 Å². The molecule has 0 atom stereocenters. The highest BCUT2D eigenvalue weighted by Gasteiger charge is 2.40. The van der Waals surface area contributed by atoms with E-state index in [9.17, 15) is 19.7 Å². The Hall–Kier alpha value is -3.10. The third kappa shape index (κ3) is 3.71. The molecule has 0 spiro atoms. The van der Waals surface area contributed by atoms with Gasteiger partial charge in [0.05, 0.1) is 4.92 Å². The second-order valence-electron chi connectivity index (χ2n) is 6.42. The van der Waals surface area contributed by atoms with E-state index in [1.807, 2.05) is 0 Å². The minimum atomic E-state index is -0.523. The highest BCUT2D eigenvalue weighted by atomic mass is 35.5. The van der Waals surface area contributed by atoms with Crippen LogP contribution >= 0.6 is 23.8 Å². The molecule has 0 unspecified atom stereocenters. The first-order valence-corrected chi connectivity index (χ1v) is 10.0. The highest BCUT2D eigenvalue weighted by molar-refractivity contribution is 7.80. The maximum absolute atomic E-state index is 13.3. The summed E-state index contributed by atoms with van der Waals surface area (Å²) in [5.74, 6) is -1.05. The first-order chi connectivity index (χ1) is 14.3. The fourth-order valence-corrected chi connectivity index (χ4v) is 3.95. The number of halogens is 1. The topological polar surface area (TPSA) is 83.8 Å². The molecule has 2 aromatic rings. The van der Waals surface area contributed by atoms with Crippen LogP contribution in [0.5, 0.6) is 0 Å². The largest absolute Gasteiger partial charge is 0.285 e. The Bertz CT molecular complexity index is 1050. The number of nitro groups is 1. The number of nitrogens with zero attached hydrogens (tertiary/aromatic N) is 3. The number of carbonyl (C=O) groups is 2. The minimum Gasteiger partial charge on any atom is -0.285 e. The monoisotopic (exact) mass is 443 g/mol. The van der Waals surface area contributed by atoms with E-state index in [1.54, 1.807) is 38.1 Å². The van der Waals surface area contributed by atoms with E-state index in [2.05, 4.69) is 0 Å². The molecule has 0 N–H and O–H groups in total. The Kier molecular flexibility index (Phi) is 6.28. The quantitative estimate of drug-likeness (QED) is 0.229. The van der Waals surface area contributed by atoms with Gasteiger partial charge in [-0.05, 0) is 49.8 Å². The molecule has 0 aliphatic carbocycles. The molecule has 1 aliphatic heterocycles. The molecule has 154 valence electrons. The maximum Gasteiger partial charge on any atom is 0.269 e. The molecule has 0 bridgehead atoms. The molecule has 30 heavy (non-hydrogen) atoms. The molecule has 1 heterocycles. The molecular formula is C21H18ClN3O4S.